The summed E-state index contributed by atoms with van der Waals surface area (Å²) in [6, 6.07) is 5.49. The molecule has 150 valence electrons. The van der Waals surface area contributed by atoms with Crippen LogP contribution >= 0.6 is 34.7 Å². The molecule has 3 heterocycles. The Morgan fingerprint density at radius 1 is 1.31 bits per heavy atom. The zero-order valence-corrected chi connectivity index (χ0v) is 17.6. The molecule has 0 N–H and O–H groups in total. The predicted molar refractivity (Wildman–Crippen MR) is 110 cm³/mol. The van der Waals surface area contributed by atoms with Gasteiger partial charge in [-0.3, -0.25) is 9.20 Å². The van der Waals surface area contributed by atoms with E-state index in [1.807, 2.05) is 16.9 Å². The summed E-state index contributed by atoms with van der Waals surface area (Å²) in [6.07, 6.45) is 1.71. The van der Waals surface area contributed by atoms with E-state index in [4.69, 9.17) is 16.3 Å². The van der Waals surface area contributed by atoms with Gasteiger partial charge in [0.1, 0.15) is 18.2 Å². The van der Waals surface area contributed by atoms with Gasteiger partial charge in [-0.15, -0.1) is 21.5 Å². The second kappa shape index (κ2) is 8.52. The molecule has 1 aromatic carbocycles. The van der Waals surface area contributed by atoms with Gasteiger partial charge in [0.2, 0.25) is 0 Å². The van der Waals surface area contributed by atoms with Crippen LogP contribution in [-0.2, 0) is 18.9 Å². The summed E-state index contributed by atoms with van der Waals surface area (Å²) < 4.78 is 22.3. The molecule has 4 aromatic rings. The lowest BCUT2D eigenvalue weighted by molar-refractivity contribution is 0.288. The van der Waals surface area contributed by atoms with E-state index in [0.29, 0.717) is 39.7 Å². The van der Waals surface area contributed by atoms with Gasteiger partial charge in [0, 0.05) is 29.9 Å². The van der Waals surface area contributed by atoms with Gasteiger partial charge in [0.15, 0.2) is 15.9 Å². The van der Waals surface area contributed by atoms with Gasteiger partial charge in [0.05, 0.1) is 10.7 Å². The number of hydrogen-bond donors (Lipinski definition) is 0. The number of nitrogens with zero attached hydrogens (tertiary/aromatic N) is 5. The first-order valence-corrected chi connectivity index (χ1v) is 10.9. The van der Waals surface area contributed by atoms with E-state index < -0.39 is 5.82 Å². The zero-order valence-electron chi connectivity index (χ0n) is 15.2. The summed E-state index contributed by atoms with van der Waals surface area (Å²) in [5, 5.41) is 11.1. The van der Waals surface area contributed by atoms with Crippen LogP contribution in [0, 0.1) is 5.82 Å². The average molecular weight is 452 g/mol. The van der Waals surface area contributed by atoms with Gasteiger partial charge in [-0.2, -0.15) is 0 Å². The van der Waals surface area contributed by atoms with E-state index >= 15 is 0 Å². The van der Waals surface area contributed by atoms with Crippen LogP contribution in [0.2, 0.25) is 5.02 Å². The van der Waals surface area contributed by atoms with Gasteiger partial charge < -0.3 is 9.30 Å². The van der Waals surface area contributed by atoms with E-state index in [1.54, 1.807) is 6.20 Å². The van der Waals surface area contributed by atoms with Crippen LogP contribution in [0.4, 0.5) is 4.39 Å². The lowest BCUT2D eigenvalue weighted by atomic mass is 10.3. The van der Waals surface area contributed by atoms with Gasteiger partial charge in [0.25, 0.3) is 5.56 Å². The normalized spacial score (nSPS) is 11.3. The van der Waals surface area contributed by atoms with E-state index in [0.717, 1.165) is 0 Å². The number of halogens is 2. The Hall–Kier alpha value is -2.43. The lowest BCUT2D eigenvalue weighted by Gasteiger charge is -2.10. The fourth-order valence-electron chi connectivity index (χ4n) is 2.69. The fraction of sp³-hybridized carbons (Fsp3) is 0.222. The van der Waals surface area contributed by atoms with Crippen LogP contribution < -0.4 is 10.3 Å². The molecule has 0 saturated heterocycles. The smallest absolute Gasteiger partial charge is 0.258 e. The SMILES string of the molecule is CCn1c(COc2ccc(F)cc2Cl)nnc1SCc1cc(=O)n2ccsc2n1. The van der Waals surface area contributed by atoms with Crippen LogP contribution in [0.3, 0.4) is 0 Å². The van der Waals surface area contributed by atoms with Crippen molar-refractivity contribution in [3.63, 3.8) is 0 Å². The van der Waals surface area contributed by atoms with Crippen LogP contribution in [0.1, 0.15) is 18.4 Å². The third-order valence-electron chi connectivity index (χ3n) is 4.07. The highest BCUT2D eigenvalue weighted by atomic mass is 35.5. The molecule has 0 spiro atoms. The quantitative estimate of drug-likeness (QED) is 0.395. The molecule has 0 saturated carbocycles. The summed E-state index contributed by atoms with van der Waals surface area (Å²) >= 11 is 8.85. The standard InChI is InChI=1S/C18H15ClFN5O2S2/c1-2-24-15(9-27-14-4-3-11(20)7-13(14)19)22-23-18(24)29-10-12-8-16(26)25-5-6-28-17(25)21-12/h3-8H,2,9-10H2,1H3. The highest BCUT2D eigenvalue weighted by molar-refractivity contribution is 7.98. The Morgan fingerprint density at radius 2 is 2.17 bits per heavy atom. The maximum Gasteiger partial charge on any atom is 0.258 e. The van der Waals surface area contributed by atoms with Gasteiger partial charge in [-0.1, -0.05) is 23.4 Å². The van der Waals surface area contributed by atoms with Crippen LogP contribution in [0.5, 0.6) is 5.75 Å². The number of benzene rings is 1. The Morgan fingerprint density at radius 3 is 2.97 bits per heavy atom. The Balaban J connectivity index is 1.47. The number of thioether (sulfide) groups is 1. The predicted octanol–water partition coefficient (Wildman–Crippen LogP) is 4.03. The van der Waals surface area contributed by atoms with E-state index in [-0.39, 0.29) is 17.2 Å². The maximum absolute atomic E-state index is 13.2. The van der Waals surface area contributed by atoms with Crippen molar-refractivity contribution in [2.45, 2.75) is 31.0 Å². The Labute approximate surface area is 178 Å². The highest BCUT2D eigenvalue weighted by Crippen LogP contribution is 2.26. The first kappa shape index (κ1) is 19.9. The first-order valence-electron chi connectivity index (χ1n) is 8.63. The van der Waals surface area contributed by atoms with Crippen molar-refractivity contribution in [1.82, 2.24) is 24.1 Å². The monoisotopic (exact) mass is 451 g/mol. The van der Waals surface area contributed by atoms with Crippen LogP contribution in [0.25, 0.3) is 4.96 Å². The van der Waals surface area contributed by atoms with E-state index in [2.05, 4.69) is 15.2 Å². The Bertz CT molecular complexity index is 1220. The molecule has 0 amide bonds. The Kier molecular flexibility index (Phi) is 5.84. The summed E-state index contributed by atoms with van der Waals surface area (Å²) in [6.45, 7) is 2.77. The number of rotatable bonds is 7. The number of fused-ring (bicyclic) bond motifs is 1. The largest absolute Gasteiger partial charge is 0.484 e. The van der Waals surface area contributed by atoms with Crippen molar-refractivity contribution in [1.29, 1.82) is 0 Å². The molecular formula is C18H15ClFN5O2S2. The molecule has 0 fully saturated rings. The summed E-state index contributed by atoms with van der Waals surface area (Å²) in [7, 11) is 0. The number of hydrogen-bond acceptors (Lipinski definition) is 7. The minimum Gasteiger partial charge on any atom is -0.484 e. The summed E-state index contributed by atoms with van der Waals surface area (Å²) in [4.78, 5) is 17.3. The molecular weight excluding hydrogens is 437 g/mol. The molecule has 29 heavy (non-hydrogen) atoms. The molecule has 7 nitrogen and oxygen atoms in total. The molecule has 11 heteroatoms. The topological polar surface area (TPSA) is 74.3 Å². The zero-order chi connectivity index (χ0) is 20.4. The van der Waals surface area contributed by atoms with Crippen molar-refractivity contribution >= 4 is 39.7 Å². The molecule has 0 aliphatic rings. The van der Waals surface area contributed by atoms with Crippen molar-refractivity contribution in [3.05, 3.63) is 68.6 Å². The van der Waals surface area contributed by atoms with Crippen molar-refractivity contribution < 1.29 is 9.13 Å². The number of aromatic nitrogens is 5. The first-order chi connectivity index (χ1) is 14.0. The summed E-state index contributed by atoms with van der Waals surface area (Å²) in [5.74, 6) is 1.07. The maximum atomic E-state index is 13.2. The molecule has 0 atom stereocenters. The van der Waals surface area contributed by atoms with Crippen molar-refractivity contribution in [3.8, 4) is 5.75 Å². The van der Waals surface area contributed by atoms with E-state index in [9.17, 15) is 9.18 Å². The highest BCUT2D eigenvalue weighted by Gasteiger charge is 2.14. The van der Waals surface area contributed by atoms with Gasteiger partial charge >= 0.3 is 0 Å². The van der Waals surface area contributed by atoms with Gasteiger partial charge in [-0.25, -0.2) is 9.37 Å². The molecule has 0 unspecified atom stereocenters. The molecule has 3 aromatic heterocycles. The lowest BCUT2D eigenvalue weighted by Crippen LogP contribution is -2.12. The second-order valence-electron chi connectivity index (χ2n) is 5.94. The fourth-order valence-corrected chi connectivity index (χ4v) is 4.56. The molecule has 0 aliphatic heterocycles. The van der Waals surface area contributed by atoms with Crippen molar-refractivity contribution in [2.24, 2.45) is 0 Å². The summed E-state index contributed by atoms with van der Waals surface area (Å²) in [5.41, 5.74) is 0.582. The van der Waals surface area contributed by atoms with Crippen molar-refractivity contribution in [2.75, 3.05) is 0 Å². The number of thiazole rings is 1. The van der Waals surface area contributed by atoms with E-state index in [1.165, 1.54) is 51.8 Å². The minimum atomic E-state index is -0.424. The minimum absolute atomic E-state index is 0.103. The third kappa shape index (κ3) is 4.29. The molecule has 4 rings (SSSR count). The second-order valence-corrected chi connectivity index (χ2v) is 8.16. The third-order valence-corrected chi connectivity index (χ3v) is 6.12. The van der Waals surface area contributed by atoms with Crippen LogP contribution in [0.15, 0.2) is 45.8 Å². The number of ether oxygens (including phenoxy) is 1. The molecule has 0 radical (unpaired) electrons. The van der Waals surface area contributed by atoms with Crippen LogP contribution in [-0.4, -0.2) is 24.1 Å². The molecule has 0 aliphatic carbocycles. The average Bonchev–Trinajstić information content (AvgIpc) is 3.32. The molecule has 0 bridgehead atoms. The van der Waals surface area contributed by atoms with Gasteiger partial charge in [-0.05, 0) is 25.1 Å².